The van der Waals surface area contributed by atoms with Gasteiger partial charge >= 0.3 is 0 Å². The minimum Gasteiger partial charge on any atom is -0.366 e. The van der Waals surface area contributed by atoms with Gasteiger partial charge in [-0.15, -0.1) is 0 Å². The fourth-order valence-electron chi connectivity index (χ4n) is 2.78. The molecule has 2 atom stereocenters. The van der Waals surface area contributed by atoms with Gasteiger partial charge in [-0.2, -0.15) is 0 Å². The minimum atomic E-state index is -0.363. The second-order valence-corrected chi connectivity index (χ2v) is 5.12. The topological polar surface area (TPSA) is 67.6 Å². The summed E-state index contributed by atoms with van der Waals surface area (Å²) in [4.78, 5) is 14.4. The number of amides is 1. The van der Waals surface area contributed by atoms with Crippen LogP contribution in [0.15, 0.2) is 10.6 Å². The number of aromatic nitrogens is 1. The minimum absolute atomic E-state index is 0.0132. The summed E-state index contributed by atoms with van der Waals surface area (Å²) in [6.45, 7) is 4.66. The van der Waals surface area contributed by atoms with E-state index in [-0.39, 0.29) is 18.1 Å². The van der Waals surface area contributed by atoms with Crippen LogP contribution >= 0.6 is 0 Å². The maximum absolute atomic E-state index is 12.5. The van der Waals surface area contributed by atoms with E-state index in [0.717, 1.165) is 37.4 Å². The summed E-state index contributed by atoms with van der Waals surface area (Å²) in [7, 11) is 0. The van der Waals surface area contributed by atoms with Crippen LogP contribution in [0.1, 0.15) is 30.3 Å². The molecular weight excluding hydrogens is 246 g/mol. The average molecular weight is 265 g/mol. The molecule has 1 aromatic heterocycles. The van der Waals surface area contributed by atoms with Gasteiger partial charge in [-0.25, -0.2) is 0 Å². The van der Waals surface area contributed by atoms with Crippen LogP contribution in [0.4, 0.5) is 0 Å². The van der Waals surface area contributed by atoms with Crippen molar-refractivity contribution < 1.29 is 14.1 Å². The SMILES string of the molecule is Cc1cc(C2CCCN2C(=O)C2CNCCO2)on1. The molecule has 3 heterocycles. The first-order valence-electron chi connectivity index (χ1n) is 6.82. The molecule has 0 bridgehead atoms. The van der Waals surface area contributed by atoms with Crippen molar-refractivity contribution in [1.29, 1.82) is 0 Å². The molecule has 1 aromatic rings. The van der Waals surface area contributed by atoms with Gasteiger partial charge in [-0.3, -0.25) is 4.79 Å². The van der Waals surface area contributed by atoms with E-state index >= 15 is 0 Å². The number of carbonyl (C=O) groups is 1. The number of carbonyl (C=O) groups excluding carboxylic acids is 1. The van der Waals surface area contributed by atoms with Crippen molar-refractivity contribution in [2.45, 2.75) is 31.9 Å². The number of ether oxygens (including phenoxy) is 1. The van der Waals surface area contributed by atoms with Crippen LogP contribution in [0.2, 0.25) is 0 Å². The van der Waals surface area contributed by atoms with Crippen LogP contribution in [0.25, 0.3) is 0 Å². The van der Waals surface area contributed by atoms with Gasteiger partial charge in [0.05, 0.1) is 18.3 Å². The Morgan fingerprint density at radius 1 is 1.58 bits per heavy atom. The lowest BCUT2D eigenvalue weighted by molar-refractivity contribution is -0.146. The molecule has 2 aliphatic heterocycles. The first-order valence-corrected chi connectivity index (χ1v) is 6.82. The molecule has 0 saturated carbocycles. The number of aryl methyl sites for hydroxylation is 1. The fourth-order valence-corrected chi connectivity index (χ4v) is 2.78. The monoisotopic (exact) mass is 265 g/mol. The standard InChI is InChI=1S/C13H19N3O3/c1-9-7-11(19-15-9)10-3-2-5-16(10)13(17)12-8-14-4-6-18-12/h7,10,12,14H,2-6,8H2,1H3. The predicted molar refractivity (Wildman–Crippen MR) is 67.5 cm³/mol. The quantitative estimate of drug-likeness (QED) is 0.849. The molecule has 6 heteroatoms. The summed E-state index contributed by atoms with van der Waals surface area (Å²) in [5.41, 5.74) is 0.852. The second-order valence-electron chi connectivity index (χ2n) is 5.12. The molecule has 19 heavy (non-hydrogen) atoms. The number of likely N-dealkylation sites (tertiary alicyclic amines) is 1. The molecule has 6 nitrogen and oxygen atoms in total. The third-order valence-electron chi connectivity index (χ3n) is 3.71. The second kappa shape index (κ2) is 5.30. The fraction of sp³-hybridized carbons (Fsp3) is 0.692. The van der Waals surface area contributed by atoms with Crippen LogP contribution < -0.4 is 5.32 Å². The average Bonchev–Trinajstić information content (AvgIpc) is 3.07. The summed E-state index contributed by atoms with van der Waals surface area (Å²) in [6.07, 6.45) is 1.56. The summed E-state index contributed by atoms with van der Waals surface area (Å²) in [6, 6.07) is 1.93. The van der Waals surface area contributed by atoms with Crippen LogP contribution in [-0.4, -0.2) is 48.3 Å². The van der Waals surface area contributed by atoms with Gasteiger partial charge in [0, 0.05) is 25.7 Å². The van der Waals surface area contributed by atoms with Crippen molar-refractivity contribution in [3.8, 4) is 0 Å². The van der Waals surface area contributed by atoms with Crippen molar-refractivity contribution in [3.63, 3.8) is 0 Å². The summed E-state index contributed by atoms with van der Waals surface area (Å²) >= 11 is 0. The van der Waals surface area contributed by atoms with Crippen molar-refractivity contribution in [2.75, 3.05) is 26.2 Å². The van der Waals surface area contributed by atoms with E-state index in [9.17, 15) is 4.79 Å². The van der Waals surface area contributed by atoms with Crippen LogP contribution in [0.5, 0.6) is 0 Å². The number of nitrogens with one attached hydrogen (secondary N) is 1. The lowest BCUT2D eigenvalue weighted by Gasteiger charge is -2.29. The molecule has 2 aliphatic rings. The van der Waals surface area contributed by atoms with Gasteiger partial charge in [-0.1, -0.05) is 5.16 Å². The van der Waals surface area contributed by atoms with E-state index < -0.39 is 0 Å². The van der Waals surface area contributed by atoms with E-state index in [0.29, 0.717) is 13.2 Å². The molecule has 2 fully saturated rings. The molecule has 0 aliphatic carbocycles. The molecule has 3 rings (SSSR count). The molecule has 1 N–H and O–H groups in total. The van der Waals surface area contributed by atoms with Gasteiger partial charge in [0.1, 0.15) is 6.10 Å². The number of morpholine rings is 1. The van der Waals surface area contributed by atoms with Crippen molar-refractivity contribution >= 4 is 5.91 Å². The molecule has 2 saturated heterocycles. The first kappa shape index (κ1) is 12.6. The van der Waals surface area contributed by atoms with Crippen LogP contribution in [0, 0.1) is 6.92 Å². The zero-order chi connectivity index (χ0) is 13.2. The van der Waals surface area contributed by atoms with E-state index in [2.05, 4.69) is 10.5 Å². The maximum atomic E-state index is 12.5. The van der Waals surface area contributed by atoms with Gasteiger partial charge < -0.3 is 19.5 Å². The lowest BCUT2D eigenvalue weighted by atomic mass is 10.1. The Labute approximate surface area is 112 Å². The summed E-state index contributed by atoms with van der Waals surface area (Å²) < 4.78 is 10.9. The van der Waals surface area contributed by atoms with E-state index in [1.54, 1.807) is 0 Å². The van der Waals surface area contributed by atoms with Crippen molar-refractivity contribution in [3.05, 3.63) is 17.5 Å². The van der Waals surface area contributed by atoms with Gasteiger partial charge in [0.25, 0.3) is 5.91 Å². The Morgan fingerprint density at radius 3 is 3.16 bits per heavy atom. The highest BCUT2D eigenvalue weighted by Gasteiger charge is 2.36. The Bertz CT molecular complexity index is 454. The molecule has 2 unspecified atom stereocenters. The zero-order valence-corrected chi connectivity index (χ0v) is 11.1. The third kappa shape index (κ3) is 2.50. The highest BCUT2D eigenvalue weighted by Crippen LogP contribution is 2.33. The number of rotatable bonds is 2. The normalized spacial score (nSPS) is 27.7. The van der Waals surface area contributed by atoms with Crippen LogP contribution in [0.3, 0.4) is 0 Å². The molecule has 0 radical (unpaired) electrons. The van der Waals surface area contributed by atoms with Crippen LogP contribution in [-0.2, 0) is 9.53 Å². The van der Waals surface area contributed by atoms with Crippen molar-refractivity contribution in [2.24, 2.45) is 0 Å². The van der Waals surface area contributed by atoms with E-state index in [4.69, 9.17) is 9.26 Å². The maximum Gasteiger partial charge on any atom is 0.253 e. The lowest BCUT2D eigenvalue weighted by Crippen LogP contribution is -2.49. The molecule has 0 aromatic carbocycles. The largest absolute Gasteiger partial charge is 0.366 e. The first-order chi connectivity index (χ1) is 9.25. The molecule has 0 spiro atoms. The summed E-state index contributed by atoms with van der Waals surface area (Å²) in [5, 5.41) is 7.10. The highest BCUT2D eigenvalue weighted by molar-refractivity contribution is 5.82. The summed E-state index contributed by atoms with van der Waals surface area (Å²) in [5.74, 6) is 0.843. The number of hydrogen-bond donors (Lipinski definition) is 1. The highest BCUT2D eigenvalue weighted by atomic mass is 16.5. The molecule has 1 amide bonds. The van der Waals surface area contributed by atoms with E-state index in [1.807, 2.05) is 17.9 Å². The van der Waals surface area contributed by atoms with Gasteiger partial charge in [-0.05, 0) is 19.8 Å². The Kier molecular flexibility index (Phi) is 3.52. The molecular formula is C13H19N3O3. The number of hydrogen-bond acceptors (Lipinski definition) is 5. The Morgan fingerprint density at radius 2 is 2.47 bits per heavy atom. The van der Waals surface area contributed by atoms with E-state index in [1.165, 1.54) is 0 Å². The molecule has 104 valence electrons. The van der Waals surface area contributed by atoms with Gasteiger partial charge in [0.15, 0.2) is 5.76 Å². The van der Waals surface area contributed by atoms with Gasteiger partial charge in [0.2, 0.25) is 0 Å². The zero-order valence-electron chi connectivity index (χ0n) is 11.1. The number of nitrogens with zero attached hydrogens (tertiary/aromatic N) is 2. The third-order valence-corrected chi connectivity index (χ3v) is 3.71. The van der Waals surface area contributed by atoms with Crippen molar-refractivity contribution in [1.82, 2.24) is 15.4 Å². The predicted octanol–water partition coefficient (Wildman–Crippen LogP) is 0.635. The smallest absolute Gasteiger partial charge is 0.253 e. The Hall–Kier alpha value is -1.40. The Balaban J connectivity index is 1.73.